The third kappa shape index (κ3) is 3.71. The number of rotatable bonds is 5. The van der Waals surface area contributed by atoms with Crippen molar-refractivity contribution in [1.82, 2.24) is 19.4 Å². The number of hydrogen-bond acceptors (Lipinski definition) is 6. The van der Waals surface area contributed by atoms with Crippen LogP contribution in [-0.2, 0) is 23.1 Å². The van der Waals surface area contributed by atoms with E-state index >= 15 is 0 Å². The first kappa shape index (κ1) is 19.9. The van der Waals surface area contributed by atoms with Crippen molar-refractivity contribution in [3.05, 3.63) is 34.8 Å². The van der Waals surface area contributed by atoms with Gasteiger partial charge in [-0.3, -0.25) is 4.79 Å². The molecule has 0 aliphatic rings. The smallest absolute Gasteiger partial charge is 0.382 e. The van der Waals surface area contributed by atoms with Crippen LogP contribution in [0.2, 0.25) is 0 Å². The lowest BCUT2D eigenvalue weighted by atomic mass is 10.2. The number of halogens is 3. The highest BCUT2D eigenvalue weighted by Gasteiger charge is 2.33. The fourth-order valence-electron chi connectivity index (χ4n) is 2.21. The quantitative estimate of drug-likeness (QED) is 0.574. The number of sulfone groups is 1. The summed E-state index contributed by atoms with van der Waals surface area (Å²) in [5.74, 6) is -1.52. The molecule has 0 aliphatic heterocycles. The number of fused-ring (bicyclic) bond motifs is 1. The fraction of sp³-hybridized carbons (Fsp3) is 0.400. The van der Waals surface area contributed by atoms with Gasteiger partial charge in [0.25, 0.3) is 0 Å². The summed E-state index contributed by atoms with van der Waals surface area (Å²) in [6.07, 6.45) is -2.82. The van der Waals surface area contributed by atoms with Crippen LogP contribution in [0.25, 0.3) is 11.2 Å². The molecule has 2 aromatic rings. The van der Waals surface area contributed by atoms with Gasteiger partial charge >= 0.3 is 6.18 Å². The third-order valence-corrected chi connectivity index (χ3v) is 5.27. The summed E-state index contributed by atoms with van der Waals surface area (Å²) in [4.78, 5) is 21.2. The lowest BCUT2D eigenvalue weighted by Gasteiger charge is -2.11. The van der Waals surface area contributed by atoms with Crippen molar-refractivity contribution < 1.29 is 26.4 Å². The van der Waals surface area contributed by atoms with Gasteiger partial charge in [0.1, 0.15) is 10.4 Å². The SMILES string of the molecule is CCS(=O)(=O)/C(=C/N(C)C)C(=O)c1nc2cc(C(F)(F)F)cnc2n1C. The topological polar surface area (TPSA) is 85.2 Å². The first-order chi connectivity index (χ1) is 11.9. The van der Waals surface area contributed by atoms with Crippen LogP contribution in [0.5, 0.6) is 0 Å². The van der Waals surface area contributed by atoms with Crippen molar-refractivity contribution in [2.45, 2.75) is 13.1 Å². The zero-order chi connectivity index (χ0) is 19.9. The normalized spacial score (nSPS) is 13.3. The Kier molecular flexibility index (Phi) is 5.13. The monoisotopic (exact) mass is 390 g/mol. The molecular formula is C15H17F3N4O3S. The molecule has 11 heteroatoms. The van der Waals surface area contributed by atoms with E-state index in [0.29, 0.717) is 6.20 Å². The van der Waals surface area contributed by atoms with Gasteiger partial charge in [0.15, 0.2) is 21.3 Å². The second-order valence-corrected chi connectivity index (χ2v) is 8.00. The lowest BCUT2D eigenvalue weighted by molar-refractivity contribution is -0.137. The highest BCUT2D eigenvalue weighted by atomic mass is 32.2. The molecule has 0 radical (unpaired) electrons. The van der Waals surface area contributed by atoms with Crippen LogP contribution in [-0.4, -0.2) is 53.5 Å². The number of nitrogens with zero attached hydrogens (tertiary/aromatic N) is 4. The van der Waals surface area contributed by atoms with Crippen LogP contribution in [0.15, 0.2) is 23.4 Å². The van der Waals surface area contributed by atoms with Crippen LogP contribution in [0.3, 0.4) is 0 Å². The summed E-state index contributed by atoms with van der Waals surface area (Å²) >= 11 is 0. The maximum absolute atomic E-state index is 12.8. The summed E-state index contributed by atoms with van der Waals surface area (Å²) in [7, 11) is 0.604. The lowest BCUT2D eigenvalue weighted by Crippen LogP contribution is -2.21. The van der Waals surface area contributed by atoms with Crippen LogP contribution in [0.4, 0.5) is 13.2 Å². The Morgan fingerprint density at radius 2 is 1.96 bits per heavy atom. The van der Waals surface area contributed by atoms with Crippen molar-refractivity contribution in [2.24, 2.45) is 7.05 Å². The maximum atomic E-state index is 12.8. The molecule has 7 nitrogen and oxygen atoms in total. The van der Waals surface area contributed by atoms with Gasteiger partial charge < -0.3 is 9.47 Å². The predicted octanol–water partition coefficient (Wildman–Crippen LogP) is 2.01. The van der Waals surface area contributed by atoms with E-state index in [0.717, 1.165) is 12.3 Å². The molecule has 0 aliphatic carbocycles. The molecule has 0 aromatic carbocycles. The maximum Gasteiger partial charge on any atom is 0.417 e. The summed E-state index contributed by atoms with van der Waals surface area (Å²) in [5, 5.41) is 0. The average molecular weight is 390 g/mol. The largest absolute Gasteiger partial charge is 0.417 e. The Labute approximate surface area is 148 Å². The van der Waals surface area contributed by atoms with Crippen LogP contribution in [0.1, 0.15) is 23.1 Å². The van der Waals surface area contributed by atoms with E-state index in [1.165, 1.54) is 23.4 Å². The second kappa shape index (κ2) is 6.71. The molecular weight excluding hydrogens is 373 g/mol. The highest BCUT2D eigenvalue weighted by molar-refractivity contribution is 7.96. The van der Waals surface area contributed by atoms with Crippen molar-refractivity contribution in [3.8, 4) is 0 Å². The molecule has 0 N–H and O–H groups in total. The molecule has 142 valence electrons. The number of allylic oxidation sites excluding steroid dienone is 1. The van der Waals surface area contributed by atoms with Gasteiger partial charge in [-0.25, -0.2) is 18.4 Å². The Balaban J connectivity index is 2.65. The number of alkyl halides is 3. The molecule has 26 heavy (non-hydrogen) atoms. The highest BCUT2D eigenvalue weighted by Crippen LogP contribution is 2.30. The van der Waals surface area contributed by atoms with E-state index in [-0.39, 0.29) is 22.7 Å². The molecule has 0 saturated heterocycles. The van der Waals surface area contributed by atoms with E-state index in [4.69, 9.17) is 0 Å². The minimum atomic E-state index is -4.61. The number of carbonyl (C=O) groups excluding carboxylic acids is 1. The van der Waals surface area contributed by atoms with Crippen LogP contribution < -0.4 is 0 Å². The standard InChI is InChI=1S/C15H17F3N4O3S/c1-5-26(24,25)11(8-21(2)3)12(23)14-20-10-6-9(15(16,17)18)7-19-13(10)22(14)4/h6-8H,5H2,1-4H3/b11-8+. The number of hydrogen-bond donors (Lipinski definition) is 0. The van der Waals surface area contributed by atoms with Crippen LogP contribution in [0, 0.1) is 0 Å². The number of carbonyl (C=O) groups is 1. The Morgan fingerprint density at radius 1 is 1.35 bits per heavy atom. The van der Waals surface area contributed by atoms with E-state index in [1.54, 1.807) is 14.1 Å². The van der Waals surface area contributed by atoms with Crippen molar-refractivity contribution in [3.63, 3.8) is 0 Å². The van der Waals surface area contributed by atoms with Gasteiger partial charge in [-0.15, -0.1) is 0 Å². The molecule has 2 heterocycles. The van der Waals surface area contributed by atoms with E-state index in [1.807, 2.05) is 0 Å². The van der Waals surface area contributed by atoms with Gasteiger partial charge in [-0.05, 0) is 6.07 Å². The van der Waals surface area contributed by atoms with E-state index in [2.05, 4.69) is 9.97 Å². The predicted molar refractivity (Wildman–Crippen MR) is 89.1 cm³/mol. The number of aromatic nitrogens is 3. The van der Waals surface area contributed by atoms with E-state index < -0.39 is 32.3 Å². The summed E-state index contributed by atoms with van der Waals surface area (Å²) in [6.45, 7) is 1.39. The zero-order valence-corrected chi connectivity index (χ0v) is 15.3. The second-order valence-electron chi connectivity index (χ2n) is 5.75. The van der Waals surface area contributed by atoms with Crippen LogP contribution >= 0.6 is 0 Å². The molecule has 0 saturated carbocycles. The number of pyridine rings is 1. The summed E-state index contributed by atoms with van der Waals surface area (Å²) in [5.41, 5.74) is -1.12. The Hall–Kier alpha value is -2.43. The minimum absolute atomic E-state index is 0.0412. The molecule has 2 aromatic heterocycles. The summed E-state index contributed by atoms with van der Waals surface area (Å²) in [6, 6.07) is 0.767. The van der Waals surface area contributed by atoms with Gasteiger partial charge in [0.05, 0.1) is 11.3 Å². The number of imidazole rings is 1. The molecule has 0 amide bonds. The number of Topliss-reactive ketones (excluding diaryl/α,β-unsaturated/α-hetero) is 1. The number of aryl methyl sites for hydroxylation is 1. The van der Waals surface area contributed by atoms with Crippen molar-refractivity contribution in [2.75, 3.05) is 19.8 Å². The van der Waals surface area contributed by atoms with Crippen molar-refractivity contribution in [1.29, 1.82) is 0 Å². The number of ketones is 1. The molecule has 0 unspecified atom stereocenters. The first-order valence-corrected chi connectivity index (χ1v) is 9.09. The van der Waals surface area contributed by atoms with Gasteiger partial charge in [-0.1, -0.05) is 6.92 Å². The van der Waals surface area contributed by atoms with Crippen molar-refractivity contribution >= 4 is 26.8 Å². The minimum Gasteiger partial charge on any atom is -0.382 e. The third-order valence-electron chi connectivity index (χ3n) is 3.55. The van der Waals surface area contributed by atoms with Gasteiger partial charge in [-0.2, -0.15) is 13.2 Å². The molecule has 2 rings (SSSR count). The fourth-order valence-corrected chi connectivity index (χ4v) is 3.27. The average Bonchev–Trinajstić information content (AvgIpc) is 2.87. The first-order valence-electron chi connectivity index (χ1n) is 7.44. The van der Waals surface area contributed by atoms with Gasteiger partial charge in [0.2, 0.25) is 5.78 Å². The zero-order valence-electron chi connectivity index (χ0n) is 14.5. The molecule has 0 bridgehead atoms. The summed E-state index contributed by atoms with van der Waals surface area (Å²) < 4.78 is 64.1. The Bertz CT molecular complexity index is 991. The molecule has 0 fully saturated rings. The Morgan fingerprint density at radius 3 is 2.46 bits per heavy atom. The molecule has 0 spiro atoms. The van der Waals surface area contributed by atoms with Gasteiger partial charge in [0, 0.05) is 33.5 Å². The molecule has 0 atom stereocenters. The van der Waals surface area contributed by atoms with E-state index in [9.17, 15) is 26.4 Å².